The Labute approximate surface area is 104 Å². The van der Waals surface area contributed by atoms with Gasteiger partial charge in [0.1, 0.15) is 11.4 Å². The predicted octanol–water partition coefficient (Wildman–Crippen LogP) is 2.56. The van der Waals surface area contributed by atoms with Crippen molar-refractivity contribution in [3.63, 3.8) is 0 Å². The minimum Gasteiger partial charge on any atom is -0.508 e. The lowest BCUT2D eigenvalue weighted by molar-refractivity contribution is -0.385. The van der Waals surface area contributed by atoms with Crippen LogP contribution in [-0.4, -0.2) is 21.6 Å². The second kappa shape index (κ2) is 4.64. The Morgan fingerprint density at radius 2 is 1.94 bits per heavy atom. The number of hydrogen-bond donors (Lipinski definition) is 1. The molecule has 18 heavy (non-hydrogen) atoms. The third-order valence-electron chi connectivity index (χ3n) is 2.18. The monoisotopic (exact) mass is 253 g/mol. The number of hydrogen-bond acceptors (Lipinski definition) is 5. The number of esters is 1. The van der Waals surface area contributed by atoms with E-state index in [0.717, 1.165) is 12.1 Å². The van der Waals surface area contributed by atoms with Crippen molar-refractivity contribution >= 4 is 11.7 Å². The van der Waals surface area contributed by atoms with Crippen molar-refractivity contribution in [1.29, 1.82) is 0 Å². The normalized spacial score (nSPS) is 11.1. The van der Waals surface area contributed by atoms with E-state index in [-0.39, 0.29) is 22.6 Å². The first-order valence-corrected chi connectivity index (χ1v) is 5.33. The van der Waals surface area contributed by atoms with Gasteiger partial charge in [0.25, 0.3) is 5.69 Å². The second-order valence-electron chi connectivity index (χ2n) is 4.90. The number of nitrogens with zero attached hydrogens (tertiary/aromatic N) is 1. The Balaban J connectivity index is 3.25. The van der Waals surface area contributed by atoms with E-state index in [1.807, 2.05) is 0 Å². The molecule has 0 atom stereocenters. The lowest BCUT2D eigenvalue weighted by Crippen LogP contribution is -2.24. The number of nitro benzene ring substituents is 1. The molecule has 6 nitrogen and oxygen atoms in total. The molecule has 0 aliphatic heterocycles. The standard InChI is InChI=1S/C12H15NO5/c1-7-9(11(15)18-12(2,3)4)5-8(14)6-10(7)13(16)17/h5-6,14H,1-4H3. The Kier molecular flexibility index (Phi) is 3.59. The second-order valence-corrected chi connectivity index (χ2v) is 4.90. The lowest BCUT2D eigenvalue weighted by atomic mass is 10.1. The molecule has 0 aliphatic carbocycles. The van der Waals surface area contributed by atoms with E-state index in [9.17, 15) is 20.0 Å². The van der Waals surface area contributed by atoms with Crippen LogP contribution in [0.1, 0.15) is 36.7 Å². The van der Waals surface area contributed by atoms with Crippen molar-refractivity contribution in [2.75, 3.05) is 0 Å². The van der Waals surface area contributed by atoms with Crippen LogP contribution in [0, 0.1) is 17.0 Å². The molecule has 0 fully saturated rings. The molecule has 0 bridgehead atoms. The number of phenolic OH excluding ortho intramolecular Hbond substituents is 1. The number of carbonyl (C=O) groups is 1. The molecule has 98 valence electrons. The molecule has 1 aromatic carbocycles. The topological polar surface area (TPSA) is 89.7 Å². The molecule has 0 unspecified atom stereocenters. The van der Waals surface area contributed by atoms with Gasteiger partial charge in [-0.1, -0.05) is 0 Å². The van der Waals surface area contributed by atoms with E-state index in [0.29, 0.717) is 0 Å². The molecule has 1 aromatic rings. The molecule has 0 spiro atoms. The smallest absolute Gasteiger partial charge is 0.339 e. The quantitative estimate of drug-likeness (QED) is 0.497. The highest BCUT2D eigenvalue weighted by molar-refractivity contribution is 5.93. The largest absolute Gasteiger partial charge is 0.508 e. The zero-order chi connectivity index (χ0) is 14.1. The highest BCUT2D eigenvalue weighted by Gasteiger charge is 2.24. The van der Waals surface area contributed by atoms with Crippen LogP contribution in [0.3, 0.4) is 0 Å². The highest BCUT2D eigenvalue weighted by atomic mass is 16.6. The van der Waals surface area contributed by atoms with Crippen LogP contribution in [-0.2, 0) is 4.74 Å². The first-order chi connectivity index (χ1) is 8.11. The van der Waals surface area contributed by atoms with Gasteiger partial charge in [-0.05, 0) is 33.8 Å². The van der Waals surface area contributed by atoms with Gasteiger partial charge in [0, 0.05) is 5.56 Å². The SMILES string of the molecule is Cc1c(C(=O)OC(C)(C)C)cc(O)cc1[N+](=O)[O-]. The van der Waals surface area contributed by atoms with E-state index < -0.39 is 16.5 Å². The summed E-state index contributed by atoms with van der Waals surface area (Å²) in [5, 5.41) is 20.2. The summed E-state index contributed by atoms with van der Waals surface area (Å²) >= 11 is 0. The molecular formula is C12H15NO5. The molecule has 0 saturated carbocycles. The zero-order valence-electron chi connectivity index (χ0n) is 10.7. The van der Waals surface area contributed by atoms with E-state index in [4.69, 9.17) is 4.74 Å². The lowest BCUT2D eigenvalue weighted by Gasteiger charge is -2.20. The van der Waals surface area contributed by atoms with Crippen LogP contribution in [0.2, 0.25) is 0 Å². The Bertz CT molecular complexity index is 502. The third kappa shape index (κ3) is 3.19. The van der Waals surface area contributed by atoms with Gasteiger partial charge in [0.2, 0.25) is 0 Å². The molecular weight excluding hydrogens is 238 g/mol. The number of ether oxygens (including phenoxy) is 1. The molecule has 0 saturated heterocycles. The average Bonchev–Trinajstić information content (AvgIpc) is 2.17. The Morgan fingerprint density at radius 3 is 2.39 bits per heavy atom. The van der Waals surface area contributed by atoms with Crippen molar-refractivity contribution in [3.8, 4) is 5.75 Å². The molecule has 0 heterocycles. The fraction of sp³-hybridized carbons (Fsp3) is 0.417. The fourth-order valence-electron chi connectivity index (χ4n) is 1.42. The van der Waals surface area contributed by atoms with Crippen LogP contribution >= 0.6 is 0 Å². The molecule has 1 rings (SSSR count). The van der Waals surface area contributed by atoms with Crippen LogP contribution in [0.25, 0.3) is 0 Å². The Hall–Kier alpha value is -2.11. The van der Waals surface area contributed by atoms with E-state index >= 15 is 0 Å². The van der Waals surface area contributed by atoms with Gasteiger partial charge in [-0.2, -0.15) is 0 Å². The summed E-state index contributed by atoms with van der Waals surface area (Å²) in [6, 6.07) is 2.17. The van der Waals surface area contributed by atoms with Crippen molar-refractivity contribution in [1.82, 2.24) is 0 Å². The minimum atomic E-state index is -0.705. The summed E-state index contributed by atoms with van der Waals surface area (Å²) < 4.78 is 5.12. The third-order valence-corrected chi connectivity index (χ3v) is 2.18. The number of rotatable bonds is 2. The Morgan fingerprint density at radius 1 is 1.39 bits per heavy atom. The summed E-state index contributed by atoms with van der Waals surface area (Å²) in [5.41, 5.74) is -0.844. The van der Waals surface area contributed by atoms with Gasteiger partial charge in [-0.25, -0.2) is 4.79 Å². The maximum atomic E-state index is 11.9. The van der Waals surface area contributed by atoms with Crippen molar-refractivity contribution < 1.29 is 19.6 Å². The minimum absolute atomic E-state index is 0.00312. The molecule has 6 heteroatoms. The summed E-state index contributed by atoms with van der Waals surface area (Å²) in [6.45, 7) is 6.52. The van der Waals surface area contributed by atoms with Gasteiger partial charge in [-0.15, -0.1) is 0 Å². The number of carbonyl (C=O) groups excluding carboxylic acids is 1. The van der Waals surface area contributed by atoms with E-state index in [2.05, 4.69) is 0 Å². The van der Waals surface area contributed by atoms with Gasteiger partial charge in [-0.3, -0.25) is 10.1 Å². The number of phenols is 1. The number of aromatic hydroxyl groups is 1. The number of benzene rings is 1. The maximum Gasteiger partial charge on any atom is 0.339 e. The molecule has 0 amide bonds. The van der Waals surface area contributed by atoms with Crippen molar-refractivity contribution in [2.24, 2.45) is 0 Å². The van der Waals surface area contributed by atoms with Crippen LogP contribution < -0.4 is 0 Å². The van der Waals surface area contributed by atoms with Gasteiger partial charge in [0.15, 0.2) is 0 Å². The zero-order valence-corrected chi connectivity index (χ0v) is 10.7. The number of nitro groups is 1. The van der Waals surface area contributed by atoms with Gasteiger partial charge >= 0.3 is 5.97 Å². The summed E-state index contributed by atoms with van der Waals surface area (Å²) in [7, 11) is 0. The fourth-order valence-corrected chi connectivity index (χ4v) is 1.42. The first-order valence-electron chi connectivity index (χ1n) is 5.33. The van der Waals surface area contributed by atoms with Gasteiger partial charge < -0.3 is 9.84 Å². The summed E-state index contributed by atoms with van der Waals surface area (Å²) in [4.78, 5) is 22.0. The van der Waals surface area contributed by atoms with Gasteiger partial charge in [0.05, 0.1) is 16.6 Å². The first kappa shape index (κ1) is 14.0. The van der Waals surface area contributed by atoms with E-state index in [1.54, 1.807) is 20.8 Å². The molecule has 1 N–H and O–H groups in total. The summed E-state index contributed by atoms with van der Waals surface area (Å²) in [5.74, 6) is -1.04. The maximum absolute atomic E-state index is 11.9. The van der Waals surface area contributed by atoms with Crippen molar-refractivity contribution in [3.05, 3.63) is 33.4 Å². The average molecular weight is 253 g/mol. The molecule has 0 radical (unpaired) electrons. The highest BCUT2D eigenvalue weighted by Crippen LogP contribution is 2.28. The van der Waals surface area contributed by atoms with E-state index in [1.165, 1.54) is 6.92 Å². The predicted molar refractivity (Wildman–Crippen MR) is 64.7 cm³/mol. The van der Waals surface area contributed by atoms with Crippen LogP contribution in [0.4, 0.5) is 5.69 Å². The molecule has 0 aliphatic rings. The molecule has 0 aromatic heterocycles. The van der Waals surface area contributed by atoms with Crippen LogP contribution in [0.15, 0.2) is 12.1 Å². The van der Waals surface area contributed by atoms with Crippen molar-refractivity contribution in [2.45, 2.75) is 33.3 Å². The summed E-state index contributed by atoms with van der Waals surface area (Å²) in [6.07, 6.45) is 0. The van der Waals surface area contributed by atoms with Crippen LogP contribution in [0.5, 0.6) is 5.75 Å².